The molecule has 0 unspecified atom stereocenters. The number of pyridine rings is 1. The number of nitrogens with two attached hydrogens (primary N) is 1. The number of anilines is 2. The molecule has 20 heavy (non-hydrogen) atoms. The molecule has 7 heteroatoms. The third kappa shape index (κ3) is 3.75. The zero-order valence-corrected chi connectivity index (χ0v) is 12.1. The van der Waals surface area contributed by atoms with Crippen LogP contribution < -0.4 is 11.1 Å². The zero-order chi connectivity index (χ0) is 14.8. The van der Waals surface area contributed by atoms with Crippen LogP contribution >= 0.6 is 15.9 Å². The fourth-order valence-corrected chi connectivity index (χ4v) is 2.20. The number of hydrogen-bond donors (Lipinski definition) is 2. The summed E-state index contributed by atoms with van der Waals surface area (Å²) in [4.78, 5) is 4.26. The molecule has 0 atom stereocenters. The van der Waals surface area contributed by atoms with E-state index in [0.29, 0.717) is 16.9 Å². The molecule has 0 saturated carbocycles. The van der Waals surface area contributed by atoms with Crippen molar-refractivity contribution in [3.63, 3.8) is 0 Å². The zero-order valence-electron chi connectivity index (χ0n) is 10.5. The van der Waals surface area contributed by atoms with Gasteiger partial charge in [-0.05, 0) is 40.5 Å². The van der Waals surface area contributed by atoms with Crippen LogP contribution in [-0.2, 0) is 0 Å². The van der Waals surface area contributed by atoms with Crippen molar-refractivity contribution in [2.75, 3.05) is 17.6 Å². The molecule has 0 radical (unpaired) electrons. The average molecular weight is 348 g/mol. The maximum atomic E-state index is 12.1. The first-order valence-electron chi connectivity index (χ1n) is 6.01. The van der Waals surface area contributed by atoms with E-state index in [1.807, 2.05) is 6.07 Å². The Bertz CT molecular complexity index is 614. The van der Waals surface area contributed by atoms with Gasteiger partial charge in [0.05, 0.1) is 11.2 Å². The molecule has 0 amide bonds. The summed E-state index contributed by atoms with van der Waals surface area (Å²) in [6.45, 7) is 0.232. The Morgan fingerprint density at radius 1 is 1.30 bits per heavy atom. The van der Waals surface area contributed by atoms with E-state index in [-0.39, 0.29) is 13.0 Å². The minimum absolute atomic E-state index is 0.0197. The third-order valence-corrected chi connectivity index (χ3v) is 3.24. The molecule has 0 aliphatic rings. The normalized spacial score (nSPS) is 11.8. The van der Waals surface area contributed by atoms with E-state index >= 15 is 0 Å². The molecule has 0 bridgehead atoms. The van der Waals surface area contributed by atoms with Crippen molar-refractivity contribution in [1.82, 2.24) is 4.98 Å². The van der Waals surface area contributed by atoms with Gasteiger partial charge in [-0.15, -0.1) is 0 Å². The molecule has 3 N–H and O–H groups in total. The van der Waals surface area contributed by atoms with Gasteiger partial charge in [-0.3, -0.25) is 4.98 Å². The van der Waals surface area contributed by atoms with E-state index in [9.17, 15) is 13.2 Å². The Morgan fingerprint density at radius 2 is 2.05 bits per heavy atom. The van der Waals surface area contributed by atoms with Crippen molar-refractivity contribution in [3.05, 3.63) is 28.9 Å². The molecule has 2 aromatic rings. The highest BCUT2D eigenvalue weighted by Gasteiger charge is 2.25. The van der Waals surface area contributed by atoms with Crippen molar-refractivity contribution in [1.29, 1.82) is 0 Å². The lowest BCUT2D eigenvalue weighted by molar-refractivity contribution is -0.134. The largest absolute Gasteiger partial charge is 0.398 e. The number of halogens is 4. The summed E-state index contributed by atoms with van der Waals surface area (Å²) < 4.78 is 37.0. The summed E-state index contributed by atoms with van der Waals surface area (Å²) >= 11 is 3.31. The summed E-state index contributed by atoms with van der Waals surface area (Å²) in [6, 6.07) is 5.27. The number of fused-ring (bicyclic) bond motifs is 1. The highest BCUT2D eigenvalue weighted by atomic mass is 79.9. The van der Waals surface area contributed by atoms with E-state index in [2.05, 4.69) is 26.2 Å². The number of nitrogens with zero attached hydrogens (tertiary/aromatic N) is 1. The molecule has 0 fully saturated rings. The minimum Gasteiger partial charge on any atom is -0.398 e. The van der Waals surface area contributed by atoms with E-state index in [1.165, 1.54) is 0 Å². The lowest BCUT2D eigenvalue weighted by atomic mass is 10.1. The standard InChI is InChI=1S/C13H13BrF3N3/c14-8-6-9-10(18)2-3-11(12(9)20-7-8)19-5-1-4-13(15,16)17/h2-3,6-7,19H,1,4-5,18H2. The topological polar surface area (TPSA) is 50.9 Å². The first-order valence-corrected chi connectivity index (χ1v) is 6.80. The Kier molecular flexibility index (Phi) is 4.37. The molecule has 0 spiro atoms. The van der Waals surface area contributed by atoms with Crippen LogP contribution in [0.25, 0.3) is 10.9 Å². The van der Waals surface area contributed by atoms with Crippen LogP contribution in [0.3, 0.4) is 0 Å². The lowest BCUT2D eigenvalue weighted by Gasteiger charge is -2.11. The monoisotopic (exact) mass is 347 g/mol. The molecule has 0 aliphatic heterocycles. The Labute approximate surface area is 122 Å². The van der Waals surface area contributed by atoms with Gasteiger partial charge in [-0.1, -0.05) is 0 Å². The summed E-state index contributed by atoms with van der Waals surface area (Å²) in [5.74, 6) is 0. The third-order valence-electron chi connectivity index (χ3n) is 2.80. The van der Waals surface area contributed by atoms with Gasteiger partial charge in [-0.25, -0.2) is 0 Å². The first kappa shape index (κ1) is 14.9. The highest BCUT2D eigenvalue weighted by Crippen LogP contribution is 2.29. The summed E-state index contributed by atoms with van der Waals surface area (Å²) in [5.41, 5.74) is 7.78. The number of benzene rings is 1. The van der Waals surface area contributed by atoms with Crippen LogP contribution in [0.2, 0.25) is 0 Å². The van der Waals surface area contributed by atoms with Crippen molar-refractivity contribution in [2.45, 2.75) is 19.0 Å². The smallest absolute Gasteiger partial charge is 0.389 e. The van der Waals surface area contributed by atoms with Crippen LogP contribution in [0.15, 0.2) is 28.9 Å². The molecule has 3 nitrogen and oxygen atoms in total. The van der Waals surface area contributed by atoms with Crippen molar-refractivity contribution < 1.29 is 13.2 Å². The molecule has 1 aromatic carbocycles. The number of rotatable bonds is 4. The van der Waals surface area contributed by atoms with Gasteiger partial charge in [-0.2, -0.15) is 13.2 Å². The van der Waals surface area contributed by atoms with E-state index in [4.69, 9.17) is 5.73 Å². The summed E-state index contributed by atoms with van der Waals surface area (Å²) in [5, 5.41) is 3.74. The van der Waals surface area contributed by atoms with Gasteiger partial charge < -0.3 is 11.1 Å². The van der Waals surface area contributed by atoms with Gasteiger partial charge >= 0.3 is 6.18 Å². The van der Waals surface area contributed by atoms with Crippen LogP contribution in [0.5, 0.6) is 0 Å². The molecule has 108 valence electrons. The highest BCUT2D eigenvalue weighted by molar-refractivity contribution is 9.10. The van der Waals surface area contributed by atoms with Crippen molar-refractivity contribution in [3.8, 4) is 0 Å². The fraction of sp³-hybridized carbons (Fsp3) is 0.308. The van der Waals surface area contributed by atoms with E-state index in [1.54, 1.807) is 18.3 Å². The number of nitrogens with one attached hydrogen (secondary N) is 1. The Morgan fingerprint density at radius 3 is 2.75 bits per heavy atom. The Balaban J connectivity index is 2.13. The van der Waals surface area contributed by atoms with Gasteiger partial charge in [0.25, 0.3) is 0 Å². The predicted octanol–water partition coefficient (Wildman–Crippen LogP) is 4.33. The van der Waals surface area contributed by atoms with Crippen molar-refractivity contribution in [2.24, 2.45) is 0 Å². The predicted molar refractivity (Wildman–Crippen MR) is 77.6 cm³/mol. The number of nitrogen functional groups attached to an aromatic ring is 1. The lowest BCUT2D eigenvalue weighted by Crippen LogP contribution is -2.11. The summed E-state index contributed by atoms with van der Waals surface area (Å²) in [6.07, 6.45) is -3.27. The molecule has 1 aromatic heterocycles. The molecule has 1 heterocycles. The van der Waals surface area contributed by atoms with E-state index < -0.39 is 12.6 Å². The second-order valence-electron chi connectivity index (χ2n) is 4.40. The number of aromatic nitrogens is 1. The van der Waals surface area contributed by atoms with Crippen molar-refractivity contribution >= 4 is 38.2 Å². The molecule has 2 rings (SSSR count). The summed E-state index contributed by atoms with van der Waals surface area (Å²) in [7, 11) is 0. The second-order valence-corrected chi connectivity index (χ2v) is 5.31. The van der Waals surface area contributed by atoms with Gasteiger partial charge in [0.1, 0.15) is 0 Å². The molecule has 0 saturated heterocycles. The van der Waals surface area contributed by atoms with Crippen LogP contribution in [0, 0.1) is 0 Å². The van der Waals surface area contributed by atoms with Gasteiger partial charge in [0.2, 0.25) is 0 Å². The molecule has 0 aliphatic carbocycles. The van der Waals surface area contributed by atoms with Crippen LogP contribution in [-0.4, -0.2) is 17.7 Å². The van der Waals surface area contributed by atoms with Crippen LogP contribution in [0.4, 0.5) is 24.5 Å². The first-order chi connectivity index (χ1) is 9.37. The quantitative estimate of drug-likeness (QED) is 0.639. The minimum atomic E-state index is -4.12. The van der Waals surface area contributed by atoms with Gasteiger partial charge in [0, 0.05) is 34.7 Å². The van der Waals surface area contributed by atoms with Gasteiger partial charge in [0.15, 0.2) is 0 Å². The second kappa shape index (κ2) is 5.87. The maximum absolute atomic E-state index is 12.1. The SMILES string of the molecule is Nc1ccc(NCCCC(F)(F)F)c2ncc(Br)cc12. The number of alkyl halides is 3. The Hall–Kier alpha value is -1.50. The maximum Gasteiger partial charge on any atom is 0.389 e. The molecular weight excluding hydrogens is 335 g/mol. The van der Waals surface area contributed by atoms with Crippen LogP contribution in [0.1, 0.15) is 12.8 Å². The fourth-order valence-electron chi connectivity index (χ4n) is 1.87. The van der Waals surface area contributed by atoms with E-state index in [0.717, 1.165) is 9.86 Å². The average Bonchev–Trinajstić information content (AvgIpc) is 2.36. The molecular formula is C13H13BrF3N3. The number of hydrogen-bond acceptors (Lipinski definition) is 3.